The summed E-state index contributed by atoms with van der Waals surface area (Å²) in [6.45, 7) is 0.879. The second kappa shape index (κ2) is 5.49. The molecule has 0 aliphatic heterocycles. The van der Waals surface area contributed by atoms with Gasteiger partial charge in [-0.3, -0.25) is 0 Å². The fourth-order valence-corrected chi connectivity index (χ4v) is 2.91. The van der Waals surface area contributed by atoms with Crippen molar-refractivity contribution in [1.29, 1.82) is 0 Å². The van der Waals surface area contributed by atoms with Crippen LogP contribution in [-0.2, 0) is 0 Å². The van der Waals surface area contributed by atoms with Crippen LogP contribution in [0.3, 0.4) is 0 Å². The smallest absolute Gasteiger partial charge is 0.336 e. The Bertz CT molecular complexity index is 633. The van der Waals surface area contributed by atoms with Gasteiger partial charge in [0.15, 0.2) is 0 Å². The lowest BCUT2D eigenvalue weighted by Gasteiger charge is -2.12. The fraction of sp³-hybridized carbons (Fsp3) is 0.375. The second-order valence-corrected chi connectivity index (χ2v) is 5.41. The van der Waals surface area contributed by atoms with Crippen LogP contribution in [0.1, 0.15) is 36.0 Å². The molecule has 1 fully saturated rings. The highest BCUT2D eigenvalue weighted by molar-refractivity contribution is 6.03. The quantitative estimate of drug-likeness (QED) is 0.892. The molecular formula is C16H18N2O2. The third kappa shape index (κ3) is 2.59. The van der Waals surface area contributed by atoms with E-state index >= 15 is 0 Å². The van der Waals surface area contributed by atoms with E-state index in [0.29, 0.717) is 22.7 Å². The van der Waals surface area contributed by atoms with Crippen molar-refractivity contribution in [3.63, 3.8) is 0 Å². The monoisotopic (exact) mass is 270 g/mol. The lowest BCUT2D eigenvalue weighted by atomic mass is 10.1. The van der Waals surface area contributed by atoms with Crippen molar-refractivity contribution in [2.24, 2.45) is 5.92 Å². The molecule has 2 aromatic rings. The second-order valence-electron chi connectivity index (χ2n) is 5.41. The molecule has 3 rings (SSSR count). The number of pyridine rings is 1. The van der Waals surface area contributed by atoms with Crippen LogP contribution in [0.25, 0.3) is 10.9 Å². The molecule has 4 nitrogen and oxygen atoms in total. The first-order valence-corrected chi connectivity index (χ1v) is 7.11. The Labute approximate surface area is 117 Å². The van der Waals surface area contributed by atoms with Crippen LogP contribution in [0.5, 0.6) is 0 Å². The van der Waals surface area contributed by atoms with Gasteiger partial charge < -0.3 is 10.4 Å². The third-order valence-corrected chi connectivity index (χ3v) is 3.99. The maximum Gasteiger partial charge on any atom is 0.336 e. The molecule has 1 heterocycles. The number of fused-ring (bicyclic) bond motifs is 1. The van der Waals surface area contributed by atoms with Crippen molar-refractivity contribution in [3.8, 4) is 0 Å². The van der Waals surface area contributed by atoms with Gasteiger partial charge in [0.05, 0.1) is 11.1 Å². The number of aromatic nitrogens is 1. The lowest BCUT2D eigenvalue weighted by Crippen LogP contribution is -2.12. The van der Waals surface area contributed by atoms with Crippen LogP contribution in [0.4, 0.5) is 5.82 Å². The Hall–Kier alpha value is -2.10. The number of hydrogen-bond acceptors (Lipinski definition) is 3. The minimum absolute atomic E-state index is 0.310. The third-order valence-electron chi connectivity index (χ3n) is 3.99. The van der Waals surface area contributed by atoms with Crippen LogP contribution < -0.4 is 5.32 Å². The van der Waals surface area contributed by atoms with Crippen LogP contribution in [0, 0.1) is 5.92 Å². The van der Waals surface area contributed by atoms with Crippen LogP contribution in [0.2, 0.25) is 0 Å². The van der Waals surface area contributed by atoms with Gasteiger partial charge in [0.2, 0.25) is 0 Å². The van der Waals surface area contributed by atoms with E-state index in [4.69, 9.17) is 0 Å². The standard InChI is InChI=1S/C16H18N2O2/c19-16(20)13-9-15(17-10-11-5-1-2-6-11)18-14-8-4-3-7-12(13)14/h3-4,7-9,11H,1-2,5-6,10H2,(H,17,18)(H,19,20). The Morgan fingerprint density at radius 1 is 1.30 bits per heavy atom. The predicted octanol–water partition coefficient (Wildman–Crippen LogP) is 3.54. The molecule has 1 aliphatic carbocycles. The highest BCUT2D eigenvalue weighted by Crippen LogP contribution is 2.26. The average Bonchev–Trinajstić information content (AvgIpc) is 2.97. The zero-order chi connectivity index (χ0) is 13.9. The molecule has 0 unspecified atom stereocenters. The zero-order valence-corrected chi connectivity index (χ0v) is 11.3. The first-order valence-electron chi connectivity index (χ1n) is 7.11. The number of carboxylic acid groups (broad SMARTS) is 1. The van der Waals surface area contributed by atoms with E-state index in [9.17, 15) is 9.90 Å². The van der Waals surface area contributed by atoms with E-state index in [2.05, 4.69) is 10.3 Å². The summed E-state index contributed by atoms with van der Waals surface area (Å²) in [4.78, 5) is 15.9. The number of carbonyl (C=O) groups is 1. The van der Waals surface area contributed by atoms with Crippen LogP contribution in [-0.4, -0.2) is 22.6 Å². The number of nitrogens with zero attached hydrogens (tertiary/aromatic N) is 1. The molecule has 1 aliphatic rings. The molecule has 0 atom stereocenters. The first-order chi connectivity index (χ1) is 9.74. The van der Waals surface area contributed by atoms with E-state index < -0.39 is 5.97 Å². The summed E-state index contributed by atoms with van der Waals surface area (Å²) in [6.07, 6.45) is 5.12. The average molecular weight is 270 g/mol. The minimum Gasteiger partial charge on any atom is -0.478 e. The fourth-order valence-electron chi connectivity index (χ4n) is 2.91. The Kier molecular flexibility index (Phi) is 3.54. The van der Waals surface area contributed by atoms with Gasteiger partial charge in [-0.1, -0.05) is 31.0 Å². The number of para-hydroxylation sites is 1. The summed E-state index contributed by atoms with van der Waals surface area (Å²) in [5.74, 6) is 0.442. The van der Waals surface area contributed by atoms with E-state index in [-0.39, 0.29) is 0 Å². The maximum absolute atomic E-state index is 11.4. The van der Waals surface area contributed by atoms with Crippen LogP contribution in [0.15, 0.2) is 30.3 Å². The molecule has 1 aromatic heterocycles. The van der Waals surface area contributed by atoms with Gasteiger partial charge in [-0.25, -0.2) is 9.78 Å². The Morgan fingerprint density at radius 3 is 2.80 bits per heavy atom. The summed E-state index contributed by atoms with van der Waals surface area (Å²) < 4.78 is 0. The summed E-state index contributed by atoms with van der Waals surface area (Å²) in [6, 6.07) is 9.00. The minimum atomic E-state index is -0.910. The molecule has 0 radical (unpaired) electrons. The Balaban J connectivity index is 1.88. The maximum atomic E-state index is 11.4. The molecule has 0 amide bonds. The summed E-state index contributed by atoms with van der Waals surface area (Å²) >= 11 is 0. The van der Waals surface area contributed by atoms with E-state index in [1.54, 1.807) is 12.1 Å². The first kappa shape index (κ1) is 12.9. The molecule has 0 bridgehead atoms. The largest absolute Gasteiger partial charge is 0.478 e. The number of carboxylic acids is 1. The molecule has 104 valence electrons. The molecule has 0 saturated heterocycles. The number of rotatable bonds is 4. The van der Waals surface area contributed by atoms with E-state index in [0.717, 1.165) is 12.1 Å². The predicted molar refractivity (Wildman–Crippen MR) is 79.2 cm³/mol. The van der Waals surface area contributed by atoms with Gasteiger partial charge in [0.25, 0.3) is 0 Å². The van der Waals surface area contributed by atoms with Crippen molar-refractivity contribution < 1.29 is 9.90 Å². The van der Waals surface area contributed by atoms with Crippen molar-refractivity contribution in [2.75, 3.05) is 11.9 Å². The summed E-state index contributed by atoms with van der Waals surface area (Å²) in [5, 5.41) is 13.3. The molecule has 0 spiro atoms. The molecule has 20 heavy (non-hydrogen) atoms. The van der Waals surface area contributed by atoms with Gasteiger partial charge in [-0.15, -0.1) is 0 Å². The number of aromatic carboxylic acids is 1. The molecular weight excluding hydrogens is 252 g/mol. The summed E-state index contributed by atoms with van der Waals surface area (Å²) in [5.41, 5.74) is 1.03. The van der Waals surface area contributed by atoms with Crippen molar-refractivity contribution in [2.45, 2.75) is 25.7 Å². The highest BCUT2D eigenvalue weighted by atomic mass is 16.4. The van der Waals surface area contributed by atoms with Gasteiger partial charge in [-0.2, -0.15) is 0 Å². The van der Waals surface area contributed by atoms with Crippen molar-refractivity contribution in [1.82, 2.24) is 4.98 Å². The normalized spacial score (nSPS) is 15.6. The topological polar surface area (TPSA) is 62.2 Å². The number of anilines is 1. The Morgan fingerprint density at radius 2 is 2.05 bits per heavy atom. The van der Waals surface area contributed by atoms with Crippen molar-refractivity contribution in [3.05, 3.63) is 35.9 Å². The highest BCUT2D eigenvalue weighted by Gasteiger charge is 2.16. The van der Waals surface area contributed by atoms with Gasteiger partial charge in [0, 0.05) is 11.9 Å². The van der Waals surface area contributed by atoms with Gasteiger partial charge in [-0.05, 0) is 30.9 Å². The molecule has 1 aromatic carbocycles. The van der Waals surface area contributed by atoms with Gasteiger partial charge >= 0.3 is 5.97 Å². The molecule has 1 saturated carbocycles. The summed E-state index contributed by atoms with van der Waals surface area (Å²) in [7, 11) is 0. The molecule has 2 N–H and O–H groups in total. The SMILES string of the molecule is O=C(O)c1cc(NCC2CCCC2)nc2ccccc12. The number of benzene rings is 1. The number of nitrogens with one attached hydrogen (secondary N) is 1. The van der Waals surface area contributed by atoms with Crippen molar-refractivity contribution >= 4 is 22.7 Å². The van der Waals surface area contributed by atoms with E-state index in [1.165, 1.54) is 25.7 Å². The number of hydrogen-bond donors (Lipinski definition) is 2. The van der Waals surface area contributed by atoms with Crippen LogP contribution >= 0.6 is 0 Å². The van der Waals surface area contributed by atoms with Gasteiger partial charge in [0.1, 0.15) is 5.82 Å². The molecule has 4 heteroatoms. The zero-order valence-electron chi connectivity index (χ0n) is 11.3. The lowest BCUT2D eigenvalue weighted by molar-refractivity contribution is 0.0699. The van der Waals surface area contributed by atoms with E-state index in [1.807, 2.05) is 18.2 Å².